The molecule has 0 saturated heterocycles. The van der Waals surface area contributed by atoms with Crippen LogP contribution < -0.4 is 0 Å². The van der Waals surface area contributed by atoms with Crippen molar-refractivity contribution in [2.24, 2.45) is 0 Å². The zero-order valence-electron chi connectivity index (χ0n) is 6.96. The van der Waals surface area contributed by atoms with Crippen LogP contribution in [0.25, 0.3) is 0 Å². The highest BCUT2D eigenvalue weighted by atomic mass is 32.2. The molecule has 0 aliphatic carbocycles. The van der Waals surface area contributed by atoms with Crippen LogP contribution in [0.3, 0.4) is 0 Å². The summed E-state index contributed by atoms with van der Waals surface area (Å²) in [5, 5.41) is 0.477. The lowest BCUT2D eigenvalue weighted by molar-refractivity contribution is -0.0788. The Kier molecular flexibility index (Phi) is 6.17. The van der Waals surface area contributed by atoms with Gasteiger partial charge in [0.2, 0.25) is 0 Å². The molecular formula is C7H15O2S. The van der Waals surface area contributed by atoms with Gasteiger partial charge in [0.1, 0.15) is 0 Å². The first-order valence-corrected chi connectivity index (χ1v) is 4.46. The largest absolute Gasteiger partial charge is 0.356 e. The summed E-state index contributed by atoms with van der Waals surface area (Å²) in [6.07, 6.45) is 3.91. The number of thioether (sulfide) groups is 1. The Morgan fingerprint density at radius 2 is 1.80 bits per heavy atom. The van der Waals surface area contributed by atoms with Gasteiger partial charge in [-0.2, -0.15) is 11.8 Å². The molecule has 0 aromatic heterocycles. The average Bonchev–Trinajstić information content (AvgIpc) is 1.99. The SMILES string of the molecule is COC([CH]C(C)SC)OC. The summed E-state index contributed by atoms with van der Waals surface area (Å²) in [6.45, 7) is 2.11. The molecule has 61 valence electrons. The highest BCUT2D eigenvalue weighted by Gasteiger charge is 2.09. The Bertz CT molecular complexity index is 74.0. The highest BCUT2D eigenvalue weighted by Crippen LogP contribution is 2.12. The summed E-state index contributed by atoms with van der Waals surface area (Å²) in [6, 6.07) is 0. The maximum Gasteiger partial charge on any atom is 0.161 e. The van der Waals surface area contributed by atoms with Gasteiger partial charge >= 0.3 is 0 Å². The van der Waals surface area contributed by atoms with Gasteiger partial charge in [-0.3, -0.25) is 0 Å². The van der Waals surface area contributed by atoms with Gasteiger partial charge in [-0.15, -0.1) is 0 Å². The van der Waals surface area contributed by atoms with Crippen LogP contribution in [-0.4, -0.2) is 32.0 Å². The Morgan fingerprint density at radius 3 is 2.10 bits per heavy atom. The second-order valence-electron chi connectivity index (χ2n) is 1.97. The van der Waals surface area contributed by atoms with Crippen LogP contribution in [-0.2, 0) is 9.47 Å². The molecule has 10 heavy (non-hydrogen) atoms. The second-order valence-corrected chi connectivity index (χ2v) is 3.19. The number of hydrogen-bond donors (Lipinski definition) is 0. The van der Waals surface area contributed by atoms with E-state index in [0.29, 0.717) is 5.25 Å². The molecular weight excluding hydrogens is 148 g/mol. The molecule has 2 nitrogen and oxygen atoms in total. The third kappa shape index (κ3) is 4.14. The standard InChI is InChI=1S/C7H15O2S/c1-6(10-4)5-7(8-2)9-3/h5-7H,1-4H3. The second kappa shape index (κ2) is 6.01. The van der Waals surface area contributed by atoms with Crippen molar-refractivity contribution in [1.29, 1.82) is 0 Å². The van der Waals surface area contributed by atoms with Crippen LogP contribution in [0.5, 0.6) is 0 Å². The van der Waals surface area contributed by atoms with Crippen molar-refractivity contribution < 1.29 is 9.47 Å². The smallest absolute Gasteiger partial charge is 0.161 e. The van der Waals surface area contributed by atoms with Crippen molar-refractivity contribution in [2.45, 2.75) is 18.5 Å². The Labute approximate surface area is 67.3 Å². The van der Waals surface area contributed by atoms with Crippen molar-refractivity contribution >= 4 is 11.8 Å². The zero-order valence-corrected chi connectivity index (χ0v) is 7.77. The summed E-state index contributed by atoms with van der Waals surface area (Å²) in [5.74, 6) is 0. The fourth-order valence-corrected chi connectivity index (χ4v) is 0.839. The van der Waals surface area contributed by atoms with Gasteiger partial charge in [-0.25, -0.2) is 0 Å². The summed E-state index contributed by atoms with van der Waals surface area (Å²) < 4.78 is 9.96. The van der Waals surface area contributed by atoms with Crippen LogP contribution in [0, 0.1) is 6.42 Å². The lowest BCUT2D eigenvalue weighted by atomic mass is 10.3. The number of ether oxygens (including phenoxy) is 2. The van der Waals surface area contributed by atoms with E-state index in [4.69, 9.17) is 9.47 Å². The van der Waals surface area contributed by atoms with Gasteiger partial charge in [0.15, 0.2) is 6.29 Å². The van der Waals surface area contributed by atoms with Crippen LogP contribution in [0.4, 0.5) is 0 Å². The van der Waals surface area contributed by atoms with E-state index in [0.717, 1.165) is 0 Å². The summed E-state index contributed by atoms with van der Waals surface area (Å²) in [7, 11) is 3.27. The van der Waals surface area contributed by atoms with Gasteiger partial charge < -0.3 is 9.47 Å². The van der Waals surface area contributed by atoms with Crippen LogP contribution in [0.2, 0.25) is 0 Å². The Morgan fingerprint density at radius 1 is 1.30 bits per heavy atom. The molecule has 1 radical (unpaired) electrons. The molecule has 0 bridgehead atoms. The molecule has 0 N–H and O–H groups in total. The number of hydrogen-bond acceptors (Lipinski definition) is 3. The fraction of sp³-hybridized carbons (Fsp3) is 0.857. The van der Waals surface area contributed by atoms with Gasteiger partial charge in [-0.05, 0) is 6.26 Å². The first-order chi connectivity index (χ1) is 4.74. The maximum absolute atomic E-state index is 4.98. The minimum atomic E-state index is -0.164. The summed E-state index contributed by atoms with van der Waals surface area (Å²) in [5.41, 5.74) is 0. The van der Waals surface area contributed by atoms with E-state index in [1.165, 1.54) is 0 Å². The molecule has 0 aromatic carbocycles. The lowest BCUT2D eigenvalue weighted by Crippen LogP contribution is -2.18. The molecule has 0 aromatic rings. The van der Waals surface area contributed by atoms with E-state index in [9.17, 15) is 0 Å². The van der Waals surface area contributed by atoms with E-state index in [-0.39, 0.29) is 6.29 Å². The predicted molar refractivity (Wildman–Crippen MR) is 45.1 cm³/mol. The lowest BCUT2D eigenvalue weighted by Gasteiger charge is -2.15. The minimum Gasteiger partial charge on any atom is -0.356 e. The third-order valence-corrected chi connectivity index (χ3v) is 2.17. The highest BCUT2D eigenvalue weighted by molar-refractivity contribution is 7.99. The van der Waals surface area contributed by atoms with Crippen LogP contribution >= 0.6 is 11.8 Å². The first-order valence-electron chi connectivity index (χ1n) is 3.18. The summed E-state index contributed by atoms with van der Waals surface area (Å²) >= 11 is 1.77. The van der Waals surface area contributed by atoms with E-state index in [1.54, 1.807) is 26.0 Å². The fourth-order valence-electron chi connectivity index (χ4n) is 0.553. The molecule has 0 aliphatic rings. The topological polar surface area (TPSA) is 18.5 Å². The molecule has 0 heterocycles. The van der Waals surface area contributed by atoms with Crippen molar-refractivity contribution in [3.63, 3.8) is 0 Å². The monoisotopic (exact) mass is 163 g/mol. The molecule has 0 fully saturated rings. The van der Waals surface area contributed by atoms with E-state index in [2.05, 4.69) is 13.2 Å². The van der Waals surface area contributed by atoms with Crippen molar-refractivity contribution in [3.05, 3.63) is 6.42 Å². The average molecular weight is 163 g/mol. The van der Waals surface area contributed by atoms with Crippen LogP contribution in [0.1, 0.15) is 6.92 Å². The molecule has 3 heteroatoms. The molecule has 0 aliphatic heterocycles. The maximum atomic E-state index is 4.98. The summed E-state index contributed by atoms with van der Waals surface area (Å²) in [4.78, 5) is 0. The van der Waals surface area contributed by atoms with Gasteiger partial charge in [0.25, 0.3) is 0 Å². The Balaban J connectivity index is 3.41. The zero-order chi connectivity index (χ0) is 7.98. The quantitative estimate of drug-likeness (QED) is 0.573. The molecule has 1 atom stereocenters. The molecule has 0 rings (SSSR count). The Hall–Kier alpha value is 0.270. The molecule has 1 unspecified atom stereocenters. The number of rotatable bonds is 5. The minimum absolute atomic E-state index is 0.164. The number of methoxy groups -OCH3 is 2. The molecule has 0 amide bonds. The third-order valence-electron chi connectivity index (χ3n) is 1.26. The normalized spacial score (nSPS) is 14.1. The van der Waals surface area contributed by atoms with Gasteiger partial charge in [-0.1, -0.05) is 6.92 Å². The first kappa shape index (κ1) is 10.3. The van der Waals surface area contributed by atoms with Crippen LogP contribution in [0.15, 0.2) is 0 Å². The van der Waals surface area contributed by atoms with Crippen molar-refractivity contribution in [2.75, 3.05) is 20.5 Å². The molecule has 0 saturated carbocycles. The van der Waals surface area contributed by atoms with Crippen molar-refractivity contribution in [1.82, 2.24) is 0 Å². The predicted octanol–water partition coefficient (Wildman–Crippen LogP) is 1.56. The van der Waals surface area contributed by atoms with Gasteiger partial charge in [0.05, 0.1) is 0 Å². The van der Waals surface area contributed by atoms with Crippen molar-refractivity contribution in [3.8, 4) is 0 Å². The van der Waals surface area contributed by atoms with E-state index >= 15 is 0 Å². The van der Waals surface area contributed by atoms with Gasteiger partial charge in [0, 0.05) is 25.9 Å². The van der Waals surface area contributed by atoms with E-state index < -0.39 is 0 Å². The molecule has 0 spiro atoms. The van der Waals surface area contributed by atoms with E-state index in [1.807, 2.05) is 6.42 Å².